The summed E-state index contributed by atoms with van der Waals surface area (Å²) >= 11 is 0. The number of carbonyl (C=O) groups is 1. The predicted octanol–water partition coefficient (Wildman–Crippen LogP) is 6.19. The van der Waals surface area contributed by atoms with Gasteiger partial charge in [0, 0.05) is 26.1 Å². The summed E-state index contributed by atoms with van der Waals surface area (Å²) in [5.41, 5.74) is -0.0542. The lowest BCUT2D eigenvalue weighted by Crippen LogP contribution is -2.39. The first-order valence-electron chi connectivity index (χ1n) is 10.2. The van der Waals surface area contributed by atoms with Crippen molar-refractivity contribution in [1.29, 1.82) is 0 Å². The van der Waals surface area contributed by atoms with Crippen molar-refractivity contribution in [3.63, 3.8) is 0 Å². The number of carboxylic acids is 1. The van der Waals surface area contributed by atoms with Crippen LogP contribution in [0.3, 0.4) is 0 Å². The number of alkyl halides is 6. The summed E-state index contributed by atoms with van der Waals surface area (Å²) in [6.45, 7) is 1.47. The first-order chi connectivity index (χ1) is 14.9. The first kappa shape index (κ1) is 24.1. The normalized spacial score (nSPS) is 20.3. The zero-order valence-electron chi connectivity index (χ0n) is 17.1. The molecule has 1 aliphatic rings. The van der Waals surface area contributed by atoms with Gasteiger partial charge >= 0.3 is 18.3 Å². The molecular formula is C23H23F6NO2. The molecule has 3 rings (SSSR count). The Hall–Kier alpha value is -2.55. The number of halogens is 6. The minimum absolute atomic E-state index is 0.0154. The Morgan fingerprint density at radius 1 is 0.875 bits per heavy atom. The summed E-state index contributed by atoms with van der Waals surface area (Å²) in [5.74, 6) is -1.00. The number of nitrogens with zero attached hydrogens (tertiary/aromatic N) is 1. The molecule has 0 radical (unpaired) electrons. The number of carboxylic acid groups (broad SMARTS) is 1. The van der Waals surface area contributed by atoms with Gasteiger partial charge in [0.25, 0.3) is 0 Å². The van der Waals surface area contributed by atoms with Gasteiger partial charge in [0.1, 0.15) is 0 Å². The van der Waals surface area contributed by atoms with Crippen molar-refractivity contribution >= 4 is 5.97 Å². The van der Waals surface area contributed by atoms with Crippen LogP contribution in [-0.4, -0.2) is 29.1 Å². The SMILES string of the molecule is O=C(O)CCC1CC(c2ccc(C(F)(F)F)cc2)CN(Cc2ccc(C(F)(F)F)cc2)C1. The standard InChI is InChI=1S/C23H23F6NO2/c24-22(25,26)19-6-1-15(2-7-19)12-30-13-16(3-10-21(31)32)11-18(14-30)17-4-8-20(9-5-17)23(27,28)29/h1-2,4-9,16,18H,3,10-14H2,(H,31,32). The Kier molecular flexibility index (Phi) is 7.17. The van der Waals surface area contributed by atoms with E-state index in [1.165, 1.54) is 24.3 Å². The highest BCUT2D eigenvalue weighted by molar-refractivity contribution is 5.66. The highest BCUT2D eigenvalue weighted by Crippen LogP contribution is 2.36. The van der Waals surface area contributed by atoms with Crippen LogP contribution in [0.2, 0.25) is 0 Å². The summed E-state index contributed by atoms with van der Waals surface area (Å²) in [6, 6.07) is 9.84. The molecule has 2 aromatic carbocycles. The van der Waals surface area contributed by atoms with E-state index in [-0.39, 0.29) is 18.3 Å². The molecule has 174 valence electrons. The summed E-state index contributed by atoms with van der Waals surface area (Å²) in [7, 11) is 0. The van der Waals surface area contributed by atoms with Crippen LogP contribution in [0.15, 0.2) is 48.5 Å². The van der Waals surface area contributed by atoms with Crippen molar-refractivity contribution in [1.82, 2.24) is 4.90 Å². The molecule has 0 spiro atoms. The fourth-order valence-electron chi connectivity index (χ4n) is 4.21. The van der Waals surface area contributed by atoms with E-state index in [0.29, 0.717) is 38.0 Å². The summed E-state index contributed by atoms with van der Waals surface area (Å²) < 4.78 is 77.0. The van der Waals surface area contributed by atoms with Crippen LogP contribution in [0, 0.1) is 5.92 Å². The zero-order valence-corrected chi connectivity index (χ0v) is 17.1. The second-order valence-corrected chi connectivity index (χ2v) is 8.24. The summed E-state index contributed by atoms with van der Waals surface area (Å²) in [6.07, 6.45) is -7.79. The van der Waals surface area contributed by atoms with Gasteiger partial charge in [0.2, 0.25) is 0 Å². The van der Waals surface area contributed by atoms with Crippen LogP contribution >= 0.6 is 0 Å². The molecule has 0 aromatic heterocycles. The number of benzene rings is 2. The van der Waals surface area contributed by atoms with Crippen LogP contribution in [0.4, 0.5) is 26.3 Å². The van der Waals surface area contributed by atoms with E-state index in [1.807, 2.05) is 4.90 Å². The average molecular weight is 459 g/mol. The van der Waals surface area contributed by atoms with E-state index < -0.39 is 29.4 Å². The van der Waals surface area contributed by atoms with Crippen molar-refractivity contribution in [3.8, 4) is 0 Å². The monoisotopic (exact) mass is 459 g/mol. The topological polar surface area (TPSA) is 40.5 Å². The summed E-state index contributed by atoms with van der Waals surface area (Å²) in [4.78, 5) is 13.0. The Bertz CT molecular complexity index is 906. The molecular weight excluding hydrogens is 436 g/mol. The smallest absolute Gasteiger partial charge is 0.416 e. The molecule has 0 amide bonds. The molecule has 32 heavy (non-hydrogen) atoms. The van der Waals surface area contributed by atoms with Gasteiger partial charge in [0.15, 0.2) is 0 Å². The quantitative estimate of drug-likeness (QED) is 0.524. The summed E-state index contributed by atoms with van der Waals surface area (Å²) in [5, 5.41) is 9.01. The Morgan fingerprint density at radius 3 is 1.91 bits per heavy atom. The van der Waals surface area contributed by atoms with E-state index >= 15 is 0 Å². The van der Waals surface area contributed by atoms with Gasteiger partial charge in [0.05, 0.1) is 11.1 Å². The third-order valence-corrected chi connectivity index (χ3v) is 5.78. The van der Waals surface area contributed by atoms with Crippen molar-refractivity contribution in [3.05, 3.63) is 70.8 Å². The highest BCUT2D eigenvalue weighted by Gasteiger charge is 2.33. The Morgan fingerprint density at radius 2 is 1.41 bits per heavy atom. The van der Waals surface area contributed by atoms with Gasteiger partial charge in [-0.05, 0) is 60.1 Å². The number of rotatable bonds is 6. The molecule has 2 unspecified atom stereocenters. The lowest BCUT2D eigenvalue weighted by Gasteiger charge is -2.38. The van der Waals surface area contributed by atoms with E-state index in [1.54, 1.807) is 0 Å². The maximum atomic E-state index is 12.9. The van der Waals surface area contributed by atoms with E-state index in [2.05, 4.69) is 0 Å². The predicted molar refractivity (Wildman–Crippen MR) is 106 cm³/mol. The van der Waals surface area contributed by atoms with Gasteiger partial charge in [-0.3, -0.25) is 9.69 Å². The molecule has 1 aliphatic heterocycles. The molecule has 1 saturated heterocycles. The van der Waals surface area contributed by atoms with Gasteiger partial charge in [-0.15, -0.1) is 0 Å². The number of likely N-dealkylation sites (tertiary alicyclic amines) is 1. The lowest BCUT2D eigenvalue weighted by molar-refractivity contribution is -0.138. The van der Waals surface area contributed by atoms with E-state index in [9.17, 15) is 31.1 Å². The van der Waals surface area contributed by atoms with Crippen LogP contribution in [0.25, 0.3) is 0 Å². The van der Waals surface area contributed by atoms with Crippen LogP contribution < -0.4 is 0 Å². The van der Waals surface area contributed by atoms with Gasteiger partial charge in [-0.25, -0.2) is 0 Å². The average Bonchev–Trinajstić information content (AvgIpc) is 2.71. The van der Waals surface area contributed by atoms with Gasteiger partial charge in [-0.2, -0.15) is 26.3 Å². The third-order valence-electron chi connectivity index (χ3n) is 5.78. The second-order valence-electron chi connectivity index (χ2n) is 8.24. The number of aliphatic carboxylic acids is 1. The molecule has 3 nitrogen and oxygen atoms in total. The fourth-order valence-corrected chi connectivity index (χ4v) is 4.21. The molecule has 1 fully saturated rings. The van der Waals surface area contributed by atoms with Crippen molar-refractivity contribution < 1.29 is 36.2 Å². The number of hydrogen-bond acceptors (Lipinski definition) is 2. The largest absolute Gasteiger partial charge is 0.481 e. The van der Waals surface area contributed by atoms with Crippen molar-refractivity contribution in [2.24, 2.45) is 5.92 Å². The van der Waals surface area contributed by atoms with Crippen LogP contribution in [0.5, 0.6) is 0 Å². The molecule has 0 aliphatic carbocycles. The van der Waals surface area contributed by atoms with Gasteiger partial charge in [-0.1, -0.05) is 24.3 Å². The van der Waals surface area contributed by atoms with Gasteiger partial charge < -0.3 is 5.11 Å². The molecule has 1 heterocycles. The van der Waals surface area contributed by atoms with Crippen molar-refractivity contribution in [2.75, 3.05) is 13.1 Å². The molecule has 0 saturated carbocycles. The lowest BCUT2D eigenvalue weighted by atomic mass is 9.82. The molecule has 9 heteroatoms. The van der Waals surface area contributed by atoms with E-state index in [0.717, 1.165) is 29.8 Å². The maximum Gasteiger partial charge on any atom is 0.416 e. The third kappa shape index (κ3) is 6.48. The van der Waals surface area contributed by atoms with Crippen LogP contribution in [-0.2, 0) is 23.7 Å². The maximum absolute atomic E-state index is 12.9. The Balaban J connectivity index is 1.75. The number of piperidine rings is 1. The molecule has 2 aromatic rings. The number of hydrogen-bond donors (Lipinski definition) is 1. The fraction of sp³-hybridized carbons (Fsp3) is 0.435. The van der Waals surface area contributed by atoms with E-state index in [4.69, 9.17) is 5.11 Å². The highest BCUT2D eigenvalue weighted by atomic mass is 19.4. The second kappa shape index (κ2) is 9.52. The first-order valence-corrected chi connectivity index (χ1v) is 10.2. The minimum atomic E-state index is -4.43. The van der Waals surface area contributed by atoms with Crippen molar-refractivity contribution in [2.45, 2.75) is 44.1 Å². The Labute approximate surface area is 181 Å². The molecule has 2 atom stereocenters. The van der Waals surface area contributed by atoms with Crippen LogP contribution in [0.1, 0.15) is 47.4 Å². The molecule has 1 N–H and O–H groups in total. The molecule has 0 bridgehead atoms. The minimum Gasteiger partial charge on any atom is -0.481 e. The zero-order chi connectivity index (χ0) is 23.5.